The van der Waals surface area contributed by atoms with Gasteiger partial charge in [0.2, 0.25) is 10.0 Å². The van der Waals surface area contributed by atoms with E-state index >= 15 is 0 Å². The molecular formula is C16H16N6O5S. The summed E-state index contributed by atoms with van der Waals surface area (Å²) in [5.41, 5.74) is -0.311. The molecule has 0 aliphatic heterocycles. The van der Waals surface area contributed by atoms with Crippen molar-refractivity contribution in [3.05, 3.63) is 69.4 Å². The van der Waals surface area contributed by atoms with Crippen LogP contribution in [-0.2, 0) is 23.6 Å². The van der Waals surface area contributed by atoms with E-state index in [1.54, 1.807) is 31.6 Å². The Hall–Kier alpha value is -3.38. The molecule has 0 radical (unpaired) electrons. The van der Waals surface area contributed by atoms with Crippen LogP contribution in [0.3, 0.4) is 0 Å². The van der Waals surface area contributed by atoms with Gasteiger partial charge in [0.25, 0.3) is 5.69 Å². The third-order valence-electron chi connectivity index (χ3n) is 3.93. The van der Waals surface area contributed by atoms with Gasteiger partial charge in [-0.05, 0) is 18.2 Å². The van der Waals surface area contributed by atoms with Gasteiger partial charge in [0.05, 0.1) is 11.5 Å². The minimum absolute atomic E-state index is 0.0488. The SMILES string of the molecule is Cn1c(-c2cccnc2)nn(CCNS(=O)(=O)c2ccccc2[N+](=O)[O-])c1=O. The van der Waals surface area contributed by atoms with Crippen LogP contribution in [0.5, 0.6) is 0 Å². The van der Waals surface area contributed by atoms with Crippen molar-refractivity contribution in [1.82, 2.24) is 24.1 Å². The lowest BCUT2D eigenvalue weighted by Crippen LogP contribution is -2.32. The van der Waals surface area contributed by atoms with E-state index in [0.717, 1.165) is 16.8 Å². The van der Waals surface area contributed by atoms with E-state index < -0.39 is 31.2 Å². The number of nitro benzene ring substituents is 1. The Kier molecular flexibility index (Phi) is 5.33. The van der Waals surface area contributed by atoms with Crippen LogP contribution in [0.2, 0.25) is 0 Å². The number of benzene rings is 1. The molecule has 1 aromatic carbocycles. The average Bonchev–Trinajstić information content (AvgIpc) is 2.97. The minimum atomic E-state index is -4.13. The molecule has 0 amide bonds. The van der Waals surface area contributed by atoms with E-state index in [0.29, 0.717) is 11.4 Å². The predicted octanol–water partition coefficient (Wildman–Crippen LogP) is 0.530. The molecule has 11 nitrogen and oxygen atoms in total. The monoisotopic (exact) mass is 404 g/mol. The Morgan fingerprint density at radius 1 is 1.21 bits per heavy atom. The summed E-state index contributed by atoms with van der Waals surface area (Å²) in [6.07, 6.45) is 3.15. The number of sulfonamides is 1. The summed E-state index contributed by atoms with van der Waals surface area (Å²) >= 11 is 0. The van der Waals surface area contributed by atoms with Crippen LogP contribution in [-0.4, -0.2) is 39.2 Å². The van der Waals surface area contributed by atoms with Crippen molar-refractivity contribution < 1.29 is 13.3 Å². The number of pyridine rings is 1. The normalized spacial score (nSPS) is 11.5. The molecule has 0 fully saturated rings. The maximum absolute atomic E-state index is 12.4. The van der Waals surface area contributed by atoms with Crippen molar-refractivity contribution in [2.75, 3.05) is 6.54 Å². The number of hydrogen-bond donors (Lipinski definition) is 1. The molecule has 2 heterocycles. The van der Waals surface area contributed by atoms with E-state index in [4.69, 9.17) is 0 Å². The molecule has 0 unspecified atom stereocenters. The smallest absolute Gasteiger partial charge is 0.278 e. The maximum Gasteiger partial charge on any atom is 0.345 e. The highest BCUT2D eigenvalue weighted by atomic mass is 32.2. The molecule has 0 bridgehead atoms. The third-order valence-corrected chi connectivity index (χ3v) is 5.44. The largest absolute Gasteiger partial charge is 0.345 e. The van der Waals surface area contributed by atoms with Crippen LogP contribution in [0.25, 0.3) is 11.4 Å². The summed E-state index contributed by atoms with van der Waals surface area (Å²) in [6, 6.07) is 8.48. The van der Waals surface area contributed by atoms with Crippen molar-refractivity contribution in [1.29, 1.82) is 0 Å². The number of nitrogens with one attached hydrogen (secondary N) is 1. The zero-order valence-electron chi connectivity index (χ0n) is 14.7. The van der Waals surface area contributed by atoms with Gasteiger partial charge in [0.1, 0.15) is 0 Å². The number of nitrogens with zero attached hydrogens (tertiary/aromatic N) is 5. The lowest BCUT2D eigenvalue weighted by molar-refractivity contribution is -0.387. The van der Waals surface area contributed by atoms with E-state index in [1.165, 1.54) is 16.7 Å². The molecule has 0 aliphatic rings. The number of aromatic nitrogens is 4. The number of rotatable bonds is 7. The summed E-state index contributed by atoms with van der Waals surface area (Å²) in [5.74, 6) is 0.389. The van der Waals surface area contributed by atoms with Gasteiger partial charge >= 0.3 is 5.69 Å². The topological polar surface area (TPSA) is 142 Å². The lowest BCUT2D eigenvalue weighted by Gasteiger charge is -2.06. The highest BCUT2D eigenvalue weighted by Gasteiger charge is 2.24. The Morgan fingerprint density at radius 3 is 2.64 bits per heavy atom. The fraction of sp³-hybridized carbons (Fsp3) is 0.188. The summed E-state index contributed by atoms with van der Waals surface area (Å²) in [4.78, 5) is 26.1. The van der Waals surface area contributed by atoms with Gasteiger partial charge in [-0.15, -0.1) is 5.10 Å². The van der Waals surface area contributed by atoms with Gasteiger partial charge in [-0.2, -0.15) is 0 Å². The first-order valence-electron chi connectivity index (χ1n) is 8.08. The van der Waals surface area contributed by atoms with Crippen LogP contribution in [0, 0.1) is 10.1 Å². The molecule has 3 aromatic rings. The first-order valence-corrected chi connectivity index (χ1v) is 9.57. The summed E-state index contributed by atoms with van der Waals surface area (Å²) < 4.78 is 29.5. The van der Waals surface area contributed by atoms with Gasteiger partial charge in [0, 0.05) is 37.6 Å². The summed E-state index contributed by atoms with van der Waals surface area (Å²) in [5, 5.41) is 15.2. The Bertz CT molecular complexity index is 1170. The fourth-order valence-corrected chi connectivity index (χ4v) is 3.77. The standard InChI is InChI=1S/C16H16N6O5S/c1-20-15(12-5-4-8-17-11-12)19-21(16(20)23)10-9-18-28(26,27)14-7-3-2-6-13(14)22(24)25/h2-8,11,18H,9-10H2,1H3. The first kappa shape index (κ1) is 19.4. The Labute approximate surface area is 159 Å². The van der Waals surface area contributed by atoms with E-state index in [2.05, 4.69) is 14.8 Å². The molecular weight excluding hydrogens is 388 g/mol. The van der Waals surface area contributed by atoms with Crippen LogP contribution in [0.4, 0.5) is 5.69 Å². The van der Waals surface area contributed by atoms with Crippen molar-refractivity contribution in [2.24, 2.45) is 7.05 Å². The second kappa shape index (κ2) is 7.70. The molecule has 28 heavy (non-hydrogen) atoms. The zero-order valence-corrected chi connectivity index (χ0v) is 15.5. The quantitative estimate of drug-likeness (QED) is 0.447. The second-order valence-electron chi connectivity index (χ2n) is 5.75. The van der Waals surface area contributed by atoms with Gasteiger partial charge in [-0.1, -0.05) is 12.1 Å². The van der Waals surface area contributed by atoms with E-state index in [1.807, 2.05) is 0 Å². The van der Waals surface area contributed by atoms with Crippen LogP contribution in [0.15, 0.2) is 58.5 Å². The van der Waals surface area contributed by atoms with E-state index in [-0.39, 0.29) is 13.1 Å². The van der Waals surface area contributed by atoms with Crippen molar-refractivity contribution >= 4 is 15.7 Å². The lowest BCUT2D eigenvalue weighted by atomic mass is 10.3. The van der Waals surface area contributed by atoms with Crippen molar-refractivity contribution in [3.63, 3.8) is 0 Å². The van der Waals surface area contributed by atoms with E-state index in [9.17, 15) is 23.3 Å². The molecule has 0 spiro atoms. The highest BCUT2D eigenvalue weighted by Crippen LogP contribution is 2.22. The predicted molar refractivity (Wildman–Crippen MR) is 99.0 cm³/mol. The molecule has 3 rings (SSSR count). The van der Waals surface area contributed by atoms with Crippen molar-refractivity contribution in [3.8, 4) is 11.4 Å². The number of hydrogen-bond acceptors (Lipinski definition) is 7. The minimum Gasteiger partial charge on any atom is -0.278 e. The first-order chi connectivity index (χ1) is 13.3. The van der Waals surface area contributed by atoms with Gasteiger partial charge in [-0.3, -0.25) is 19.7 Å². The second-order valence-corrected chi connectivity index (χ2v) is 7.49. The van der Waals surface area contributed by atoms with Crippen LogP contribution < -0.4 is 10.4 Å². The molecule has 1 N–H and O–H groups in total. The van der Waals surface area contributed by atoms with Gasteiger partial charge in [-0.25, -0.2) is 22.6 Å². The van der Waals surface area contributed by atoms with Crippen molar-refractivity contribution in [2.45, 2.75) is 11.4 Å². The summed E-state index contributed by atoms with van der Waals surface area (Å²) in [7, 11) is -2.58. The Balaban J connectivity index is 1.77. The zero-order chi connectivity index (χ0) is 20.3. The maximum atomic E-state index is 12.4. The number of nitro groups is 1. The van der Waals surface area contributed by atoms with Crippen LogP contribution in [0.1, 0.15) is 0 Å². The highest BCUT2D eigenvalue weighted by molar-refractivity contribution is 7.89. The molecule has 2 aromatic heterocycles. The molecule has 0 saturated heterocycles. The molecule has 0 aliphatic carbocycles. The molecule has 12 heteroatoms. The molecule has 0 saturated carbocycles. The van der Waals surface area contributed by atoms with Crippen LogP contribution >= 0.6 is 0 Å². The average molecular weight is 404 g/mol. The van der Waals surface area contributed by atoms with Gasteiger partial charge in [0.15, 0.2) is 10.7 Å². The fourth-order valence-electron chi connectivity index (χ4n) is 2.58. The Morgan fingerprint density at radius 2 is 1.96 bits per heavy atom. The summed E-state index contributed by atoms with van der Waals surface area (Å²) in [6.45, 7) is -0.218. The molecule has 146 valence electrons. The number of para-hydroxylation sites is 1. The third kappa shape index (κ3) is 3.82. The van der Waals surface area contributed by atoms with Gasteiger partial charge < -0.3 is 0 Å². The molecule has 0 atom stereocenters.